The van der Waals surface area contributed by atoms with Gasteiger partial charge in [0.2, 0.25) is 0 Å². The Bertz CT molecular complexity index is 170. The number of rotatable bonds is 8. The van der Waals surface area contributed by atoms with Crippen LogP contribution in [0.4, 0.5) is 0 Å². The van der Waals surface area contributed by atoms with E-state index in [0.717, 1.165) is 18.8 Å². The van der Waals surface area contributed by atoms with Gasteiger partial charge in [0.05, 0.1) is 0 Å². The minimum Gasteiger partial charge on any atom is -0.104 e. The Morgan fingerprint density at radius 2 is 1.53 bits per heavy atom. The first-order valence-electron chi connectivity index (χ1n) is 6.77. The smallest absolute Gasteiger partial charge is 0.00886 e. The Hall–Kier alpha value is -0.440. The zero-order valence-corrected chi connectivity index (χ0v) is 10.9. The Balaban J connectivity index is 3.19. The van der Waals surface area contributed by atoms with E-state index in [-0.39, 0.29) is 0 Å². The van der Waals surface area contributed by atoms with Crippen molar-refractivity contribution in [3.05, 3.63) is 0 Å². The highest BCUT2D eigenvalue weighted by molar-refractivity contribution is 4.97. The molecule has 0 heterocycles. The number of hydrogen-bond donors (Lipinski definition) is 0. The fraction of sp³-hybridized carbons (Fsp3) is 0.867. The van der Waals surface area contributed by atoms with Crippen LogP contribution in [-0.2, 0) is 0 Å². The highest BCUT2D eigenvalue weighted by Crippen LogP contribution is 2.16. The SMILES string of the molecule is CCC#CCCCCC(C)CCCCC. The monoisotopic (exact) mass is 208 g/mol. The average Bonchev–Trinajstić information content (AvgIpc) is 2.23. The molecule has 0 radical (unpaired) electrons. The molecule has 0 spiro atoms. The topological polar surface area (TPSA) is 0 Å². The minimum atomic E-state index is 0.927. The third-order valence-corrected chi connectivity index (χ3v) is 2.85. The molecule has 0 aliphatic heterocycles. The third-order valence-electron chi connectivity index (χ3n) is 2.85. The first kappa shape index (κ1) is 14.6. The van der Waals surface area contributed by atoms with Crippen molar-refractivity contribution < 1.29 is 0 Å². The van der Waals surface area contributed by atoms with Gasteiger partial charge in [-0.1, -0.05) is 59.3 Å². The Morgan fingerprint density at radius 3 is 2.13 bits per heavy atom. The van der Waals surface area contributed by atoms with E-state index in [1.54, 1.807) is 0 Å². The molecule has 0 bridgehead atoms. The van der Waals surface area contributed by atoms with Crippen LogP contribution in [0.25, 0.3) is 0 Å². The molecule has 0 saturated heterocycles. The van der Waals surface area contributed by atoms with Gasteiger partial charge in [-0.25, -0.2) is 0 Å². The molecule has 0 aromatic rings. The molecule has 88 valence electrons. The lowest BCUT2D eigenvalue weighted by atomic mass is 9.97. The number of unbranched alkanes of at least 4 members (excludes halogenated alkanes) is 4. The predicted molar refractivity (Wildman–Crippen MR) is 69.8 cm³/mol. The van der Waals surface area contributed by atoms with Gasteiger partial charge in [-0.05, 0) is 12.3 Å². The highest BCUT2D eigenvalue weighted by Gasteiger charge is 2.00. The lowest BCUT2D eigenvalue weighted by Crippen LogP contribution is -1.94. The summed E-state index contributed by atoms with van der Waals surface area (Å²) in [5, 5.41) is 0. The van der Waals surface area contributed by atoms with Crippen LogP contribution in [0.5, 0.6) is 0 Å². The molecule has 15 heavy (non-hydrogen) atoms. The lowest BCUT2D eigenvalue weighted by molar-refractivity contribution is 0.445. The molecule has 0 nitrogen and oxygen atoms in total. The van der Waals surface area contributed by atoms with Crippen molar-refractivity contribution in [1.29, 1.82) is 0 Å². The van der Waals surface area contributed by atoms with Crippen LogP contribution in [-0.4, -0.2) is 0 Å². The molecule has 1 unspecified atom stereocenters. The van der Waals surface area contributed by atoms with E-state index in [1.807, 2.05) is 0 Å². The van der Waals surface area contributed by atoms with Gasteiger partial charge < -0.3 is 0 Å². The lowest BCUT2D eigenvalue weighted by Gasteiger charge is -2.09. The standard InChI is InChI=1S/C15H28/c1-4-6-8-9-10-12-14-15(3)13-11-7-5-2/h15H,4-5,7,9-14H2,1-3H3. The van der Waals surface area contributed by atoms with Gasteiger partial charge in [0.1, 0.15) is 0 Å². The maximum Gasteiger partial charge on any atom is 0.00886 e. The molecule has 0 saturated carbocycles. The predicted octanol–water partition coefficient (Wildman–Crippen LogP) is 5.18. The van der Waals surface area contributed by atoms with Crippen LogP contribution in [0.2, 0.25) is 0 Å². The molecule has 1 atom stereocenters. The van der Waals surface area contributed by atoms with Gasteiger partial charge in [0.15, 0.2) is 0 Å². The van der Waals surface area contributed by atoms with Gasteiger partial charge in [-0.15, -0.1) is 11.8 Å². The molecular weight excluding hydrogens is 180 g/mol. The van der Waals surface area contributed by atoms with Gasteiger partial charge in [0, 0.05) is 12.8 Å². The van der Waals surface area contributed by atoms with E-state index < -0.39 is 0 Å². The van der Waals surface area contributed by atoms with E-state index in [9.17, 15) is 0 Å². The maximum absolute atomic E-state index is 3.21. The summed E-state index contributed by atoms with van der Waals surface area (Å²) >= 11 is 0. The van der Waals surface area contributed by atoms with E-state index in [4.69, 9.17) is 0 Å². The molecule has 0 aromatic carbocycles. The maximum atomic E-state index is 3.21. The fourth-order valence-corrected chi connectivity index (χ4v) is 1.81. The first-order valence-corrected chi connectivity index (χ1v) is 6.77. The van der Waals surface area contributed by atoms with E-state index in [0.29, 0.717) is 0 Å². The summed E-state index contributed by atoms with van der Waals surface area (Å²) in [4.78, 5) is 0. The molecule has 0 rings (SSSR count). The normalized spacial score (nSPS) is 11.9. The van der Waals surface area contributed by atoms with Crippen molar-refractivity contribution in [3.8, 4) is 11.8 Å². The van der Waals surface area contributed by atoms with Crippen molar-refractivity contribution >= 4 is 0 Å². The fourth-order valence-electron chi connectivity index (χ4n) is 1.81. The molecule has 0 fully saturated rings. The Kier molecular flexibility index (Phi) is 11.3. The second-order valence-corrected chi connectivity index (χ2v) is 4.55. The van der Waals surface area contributed by atoms with Gasteiger partial charge in [-0.3, -0.25) is 0 Å². The molecule has 0 aromatic heterocycles. The average molecular weight is 208 g/mol. The van der Waals surface area contributed by atoms with Gasteiger partial charge in [0.25, 0.3) is 0 Å². The van der Waals surface area contributed by atoms with Gasteiger partial charge >= 0.3 is 0 Å². The molecule has 0 amide bonds. The zero-order chi connectivity index (χ0) is 11.4. The highest BCUT2D eigenvalue weighted by atomic mass is 14.1. The molecule has 0 N–H and O–H groups in total. The van der Waals surface area contributed by atoms with Crippen LogP contribution < -0.4 is 0 Å². The van der Waals surface area contributed by atoms with Crippen LogP contribution in [0.15, 0.2) is 0 Å². The van der Waals surface area contributed by atoms with E-state index >= 15 is 0 Å². The van der Waals surface area contributed by atoms with Crippen LogP contribution in [0, 0.1) is 17.8 Å². The summed E-state index contributed by atoms with van der Waals surface area (Å²) in [7, 11) is 0. The zero-order valence-electron chi connectivity index (χ0n) is 10.9. The van der Waals surface area contributed by atoms with E-state index in [2.05, 4.69) is 32.6 Å². The summed E-state index contributed by atoms with van der Waals surface area (Å²) in [6, 6.07) is 0. The second-order valence-electron chi connectivity index (χ2n) is 4.55. The number of hydrogen-bond acceptors (Lipinski definition) is 0. The molecule has 0 aliphatic carbocycles. The third kappa shape index (κ3) is 11.5. The van der Waals surface area contributed by atoms with Crippen molar-refractivity contribution in [2.24, 2.45) is 5.92 Å². The summed E-state index contributed by atoms with van der Waals surface area (Å²) in [5.74, 6) is 7.27. The minimum absolute atomic E-state index is 0.927. The van der Waals surface area contributed by atoms with Gasteiger partial charge in [-0.2, -0.15) is 0 Å². The molecule has 0 heteroatoms. The summed E-state index contributed by atoms with van der Waals surface area (Å²) < 4.78 is 0. The summed E-state index contributed by atoms with van der Waals surface area (Å²) in [5.41, 5.74) is 0. The van der Waals surface area contributed by atoms with Crippen LogP contribution in [0.3, 0.4) is 0 Å². The second kappa shape index (κ2) is 11.6. The molecular formula is C15H28. The van der Waals surface area contributed by atoms with Crippen molar-refractivity contribution in [2.45, 2.75) is 78.6 Å². The Labute approximate surface area is 96.8 Å². The largest absolute Gasteiger partial charge is 0.104 e. The summed E-state index contributed by atoms with van der Waals surface area (Å²) in [6.45, 7) is 6.78. The first-order chi connectivity index (χ1) is 7.31. The summed E-state index contributed by atoms with van der Waals surface area (Å²) in [6.07, 6.45) is 11.8. The Morgan fingerprint density at radius 1 is 0.867 bits per heavy atom. The van der Waals surface area contributed by atoms with Crippen LogP contribution >= 0.6 is 0 Å². The van der Waals surface area contributed by atoms with E-state index in [1.165, 1.54) is 44.9 Å². The molecule has 0 aliphatic rings. The van der Waals surface area contributed by atoms with Crippen molar-refractivity contribution in [1.82, 2.24) is 0 Å². The van der Waals surface area contributed by atoms with Crippen molar-refractivity contribution in [3.63, 3.8) is 0 Å². The van der Waals surface area contributed by atoms with Crippen molar-refractivity contribution in [2.75, 3.05) is 0 Å². The quantitative estimate of drug-likeness (QED) is 0.381. The van der Waals surface area contributed by atoms with Crippen LogP contribution in [0.1, 0.15) is 78.6 Å².